The number of rotatable bonds is 3. The number of hydrogen-bond donors (Lipinski definition) is 2. The molecule has 18 heavy (non-hydrogen) atoms. The minimum Gasteiger partial charge on any atom is -0.352 e. The number of hydrogen-bond acceptors (Lipinski definition) is 2. The fourth-order valence-corrected chi connectivity index (χ4v) is 3.09. The molecule has 0 spiro atoms. The molecule has 2 rings (SSSR count). The first kappa shape index (κ1) is 15.8. The average molecular weight is 275 g/mol. The third-order valence-electron chi connectivity index (χ3n) is 4.40. The monoisotopic (exact) mass is 274 g/mol. The summed E-state index contributed by atoms with van der Waals surface area (Å²) in [5, 5.41) is 6.55. The normalized spacial score (nSPS) is 32.4. The van der Waals surface area contributed by atoms with Crippen LogP contribution in [0.15, 0.2) is 0 Å². The van der Waals surface area contributed by atoms with E-state index in [9.17, 15) is 4.79 Å². The van der Waals surface area contributed by atoms with Gasteiger partial charge in [0.15, 0.2) is 0 Å². The minimum absolute atomic E-state index is 0. The van der Waals surface area contributed by atoms with Crippen molar-refractivity contribution >= 4 is 18.3 Å². The Bertz CT molecular complexity index is 246. The van der Waals surface area contributed by atoms with Crippen molar-refractivity contribution in [1.29, 1.82) is 0 Å². The number of carbonyl (C=O) groups is 1. The number of carbonyl (C=O) groups excluding carboxylic acids is 1. The van der Waals surface area contributed by atoms with Crippen LogP contribution >= 0.6 is 12.4 Å². The minimum atomic E-state index is 0. The maximum absolute atomic E-state index is 12.0. The lowest BCUT2D eigenvalue weighted by atomic mass is 9.84. The van der Waals surface area contributed by atoms with E-state index in [-0.39, 0.29) is 24.4 Å². The number of piperidine rings is 1. The van der Waals surface area contributed by atoms with Crippen LogP contribution in [0.4, 0.5) is 0 Å². The van der Waals surface area contributed by atoms with Gasteiger partial charge in [-0.2, -0.15) is 0 Å². The quantitative estimate of drug-likeness (QED) is 0.831. The SMILES string of the molecule is CCC1CCC(NC(=O)[C@@H]2CCCCN2)CC1.Cl. The van der Waals surface area contributed by atoms with Gasteiger partial charge >= 0.3 is 0 Å². The highest BCUT2D eigenvalue weighted by Gasteiger charge is 2.25. The van der Waals surface area contributed by atoms with Gasteiger partial charge in [0.05, 0.1) is 6.04 Å². The van der Waals surface area contributed by atoms with Crippen LogP contribution in [0.25, 0.3) is 0 Å². The summed E-state index contributed by atoms with van der Waals surface area (Å²) in [7, 11) is 0. The fourth-order valence-electron chi connectivity index (χ4n) is 3.09. The summed E-state index contributed by atoms with van der Waals surface area (Å²) in [5.41, 5.74) is 0. The second kappa shape index (κ2) is 8.00. The molecule has 3 nitrogen and oxygen atoms in total. The van der Waals surface area contributed by atoms with Gasteiger partial charge in [0, 0.05) is 6.04 Å². The van der Waals surface area contributed by atoms with Gasteiger partial charge in [-0.3, -0.25) is 4.79 Å². The first-order valence-corrected chi connectivity index (χ1v) is 7.33. The van der Waals surface area contributed by atoms with Crippen LogP contribution in [-0.2, 0) is 4.79 Å². The zero-order valence-corrected chi connectivity index (χ0v) is 12.2. The molecule has 1 amide bonds. The molecule has 0 radical (unpaired) electrons. The topological polar surface area (TPSA) is 41.1 Å². The first-order chi connectivity index (χ1) is 8.29. The highest BCUT2D eigenvalue weighted by Crippen LogP contribution is 2.26. The Kier molecular flexibility index (Phi) is 7.02. The Morgan fingerprint density at radius 2 is 1.89 bits per heavy atom. The molecule has 0 aromatic heterocycles. The van der Waals surface area contributed by atoms with Gasteiger partial charge in [-0.15, -0.1) is 12.4 Å². The molecule has 1 atom stereocenters. The molecule has 1 saturated carbocycles. The molecule has 0 unspecified atom stereocenters. The van der Waals surface area contributed by atoms with Crippen LogP contribution in [-0.4, -0.2) is 24.5 Å². The second-order valence-corrected chi connectivity index (χ2v) is 5.64. The Balaban J connectivity index is 0.00000162. The summed E-state index contributed by atoms with van der Waals surface area (Å²) < 4.78 is 0. The van der Waals surface area contributed by atoms with Gasteiger partial charge in [-0.25, -0.2) is 0 Å². The van der Waals surface area contributed by atoms with Crippen molar-refractivity contribution in [1.82, 2.24) is 10.6 Å². The highest BCUT2D eigenvalue weighted by atomic mass is 35.5. The lowest BCUT2D eigenvalue weighted by Crippen LogP contribution is -2.50. The van der Waals surface area contributed by atoms with Crippen LogP contribution in [0.2, 0.25) is 0 Å². The second-order valence-electron chi connectivity index (χ2n) is 5.64. The summed E-state index contributed by atoms with van der Waals surface area (Å²) in [6.07, 6.45) is 9.65. The molecule has 4 heteroatoms. The van der Waals surface area contributed by atoms with Crippen molar-refractivity contribution < 1.29 is 4.79 Å². The van der Waals surface area contributed by atoms with E-state index in [0.29, 0.717) is 6.04 Å². The van der Waals surface area contributed by atoms with E-state index in [0.717, 1.165) is 18.9 Å². The zero-order chi connectivity index (χ0) is 12.1. The van der Waals surface area contributed by atoms with Crippen molar-refractivity contribution in [3.05, 3.63) is 0 Å². The lowest BCUT2D eigenvalue weighted by molar-refractivity contribution is -0.124. The molecule has 106 valence electrons. The van der Waals surface area contributed by atoms with Gasteiger partial charge < -0.3 is 10.6 Å². The maximum atomic E-state index is 12.0. The fraction of sp³-hybridized carbons (Fsp3) is 0.929. The summed E-state index contributed by atoms with van der Waals surface area (Å²) in [4.78, 5) is 12.0. The van der Waals surface area contributed by atoms with Crippen LogP contribution < -0.4 is 10.6 Å². The molecule has 2 aliphatic rings. The lowest BCUT2D eigenvalue weighted by Gasteiger charge is -2.30. The van der Waals surface area contributed by atoms with E-state index in [2.05, 4.69) is 17.6 Å². The largest absolute Gasteiger partial charge is 0.352 e. The summed E-state index contributed by atoms with van der Waals surface area (Å²) >= 11 is 0. The summed E-state index contributed by atoms with van der Waals surface area (Å²) in [6, 6.07) is 0.515. The molecule has 1 saturated heterocycles. The summed E-state index contributed by atoms with van der Waals surface area (Å²) in [5.74, 6) is 1.14. The standard InChI is InChI=1S/C14H26N2O.ClH/c1-2-11-6-8-12(9-7-11)16-14(17)13-5-3-4-10-15-13;/h11-13,15H,2-10H2,1H3,(H,16,17);1H/t11?,12?,13-;/m0./s1. The highest BCUT2D eigenvalue weighted by molar-refractivity contribution is 5.85. The van der Waals surface area contributed by atoms with Crippen LogP contribution in [0, 0.1) is 5.92 Å². The van der Waals surface area contributed by atoms with Gasteiger partial charge in [0.2, 0.25) is 5.91 Å². The van der Waals surface area contributed by atoms with Crippen molar-refractivity contribution in [2.24, 2.45) is 5.92 Å². The van der Waals surface area contributed by atoms with Crippen molar-refractivity contribution in [2.75, 3.05) is 6.54 Å². The van der Waals surface area contributed by atoms with Crippen molar-refractivity contribution in [2.45, 2.75) is 70.4 Å². The Morgan fingerprint density at radius 1 is 1.17 bits per heavy atom. The molecule has 0 bridgehead atoms. The maximum Gasteiger partial charge on any atom is 0.237 e. The van der Waals surface area contributed by atoms with Gasteiger partial charge in [-0.1, -0.05) is 19.8 Å². The molecule has 0 aromatic carbocycles. The first-order valence-electron chi connectivity index (χ1n) is 7.33. The third-order valence-corrected chi connectivity index (χ3v) is 4.40. The molecule has 1 aliphatic carbocycles. The molecular weight excluding hydrogens is 248 g/mol. The van der Waals surface area contributed by atoms with E-state index < -0.39 is 0 Å². The van der Waals surface area contributed by atoms with Gasteiger partial charge in [0.25, 0.3) is 0 Å². The van der Waals surface area contributed by atoms with E-state index >= 15 is 0 Å². The Hall–Kier alpha value is -0.280. The molecule has 2 fully saturated rings. The third kappa shape index (κ3) is 4.43. The molecule has 0 aromatic rings. The predicted molar refractivity (Wildman–Crippen MR) is 77.1 cm³/mol. The van der Waals surface area contributed by atoms with Crippen LogP contribution in [0.1, 0.15) is 58.3 Å². The van der Waals surface area contributed by atoms with Gasteiger partial charge in [0.1, 0.15) is 0 Å². The summed E-state index contributed by atoms with van der Waals surface area (Å²) in [6.45, 7) is 3.27. The number of amides is 1. The molecule has 1 aliphatic heterocycles. The molecule has 1 heterocycles. The molecular formula is C14H27ClN2O. The van der Waals surface area contributed by atoms with Gasteiger partial charge in [-0.05, 0) is 51.0 Å². The van der Waals surface area contributed by atoms with Crippen molar-refractivity contribution in [3.63, 3.8) is 0 Å². The van der Waals surface area contributed by atoms with Crippen LogP contribution in [0.5, 0.6) is 0 Å². The van der Waals surface area contributed by atoms with E-state index in [4.69, 9.17) is 0 Å². The van der Waals surface area contributed by atoms with E-state index in [1.807, 2.05) is 0 Å². The number of nitrogens with one attached hydrogen (secondary N) is 2. The van der Waals surface area contributed by atoms with E-state index in [1.54, 1.807) is 0 Å². The Labute approximate surface area is 117 Å². The van der Waals surface area contributed by atoms with Crippen molar-refractivity contribution in [3.8, 4) is 0 Å². The smallest absolute Gasteiger partial charge is 0.237 e. The Morgan fingerprint density at radius 3 is 2.44 bits per heavy atom. The average Bonchev–Trinajstić information content (AvgIpc) is 2.40. The zero-order valence-electron chi connectivity index (χ0n) is 11.4. The molecule has 2 N–H and O–H groups in total. The predicted octanol–water partition coefficient (Wildman–Crippen LogP) is 2.64. The van der Waals surface area contributed by atoms with Crippen LogP contribution in [0.3, 0.4) is 0 Å². The van der Waals surface area contributed by atoms with E-state index in [1.165, 1.54) is 44.9 Å². The number of halogens is 1.